The van der Waals surface area contributed by atoms with Gasteiger partial charge in [-0.15, -0.1) is 0 Å². The maximum absolute atomic E-state index is 10.7. The van der Waals surface area contributed by atoms with Crippen molar-refractivity contribution in [3.8, 4) is 16.9 Å². The number of nitrogens with two attached hydrogens (primary N) is 1. The maximum Gasteiger partial charge on any atom is 0.255 e. The molecule has 0 bridgehead atoms. The number of amides is 1. The smallest absolute Gasteiger partial charge is 0.255 e. The Morgan fingerprint density at radius 2 is 1.65 bits per heavy atom. The van der Waals surface area contributed by atoms with E-state index in [2.05, 4.69) is 0 Å². The number of para-hydroxylation sites is 1. The van der Waals surface area contributed by atoms with Gasteiger partial charge in [0.2, 0.25) is 0 Å². The fourth-order valence-corrected chi connectivity index (χ4v) is 1.60. The molecule has 0 unspecified atom stereocenters. The Hall–Kier alpha value is -2.29. The summed E-state index contributed by atoms with van der Waals surface area (Å²) in [6.45, 7) is -0.107. The molecule has 0 atom stereocenters. The van der Waals surface area contributed by atoms with Crippen molar-refractivity contribution in [3.05, 3.63) is 54.6 Å². The standard InChI is InChI=1S/C14H13NO2/c15-14(16)10-17-13-9-5-4-8-12(13)11-6-2-1-3-7-11/h1-9H,10H2,(H2,15,16). The maximum atomic E-state index is 10.7. The Morgan fingerprint density at radius 3 is 2.35 bits per heavy atom. The topological polar surface area (TPSA) is 52.3 Å². The molecule has 2 aromatic rings. The van der Waals surface area contributed by atoms with Gasteiger partial charge in [-0.3, -0.25) is 4.79 Å². The molecule has 0 aliphatic heterocycles. The van der Waals surface area contributed by atoms with Gasteiger partial charge in [-0.2, -0.15) is 0 Å². The van der Waals surface area contributed by atoms with Crippen molar-refractivity contribution < 1.29 is 9.53 Å². The lowest BCUT2D eigenvalue weighted by Gasteiger charge is -2.10. The highest BCUT2D eigenvalue weighted by Gasteiger charge is 2.05. The van der Waals surface area contributed by atoms with Gasteiger partial charge in [0.15, 0.2) is 6.61 Å². The first-order valence-electron chi connectivity index (χ1n) is 5.33. The Morgan fingerprint density at radius 1 is 1.00 bits per heavy atom. The highest BCUT2D eigenvalue weighted by molar-refractivity contribution is 5.76. The quantitative estimate of drug-likeness (QED) is 0.870. The fourth-order valence-electron chi connectivity index (χ4n) is 1.60. The largest absolute Gasteiger partial charge is 0.483 e. The van der Waals surface area contributed by atoms with Crippen LogP contribution in [0.1, 0.15) is 0 Å². The number of hydrogen-bond acceptors (Lipinski definition) is 2. The number of primary amides is 1. The first-order chi connectivity index (χ1) is 8.27. The summed E-state index contributed by atoms with van der Waals surface area (Å²) in [5.41, 5.74) is 7.07. The zero-order valence-electron chi connectivity index (χ0n) is 9.30. The van der Waals surface area contributed by atoms with Crippen LogP contribution in [-0.2, 0) is 4.79 Å². The zero-order chi connectivity index (χ0) is 12.1. The molecular weight excluding hydrogens is 214 g/mol. The lowest BCUT2D eigenvalue weighted by Crippen LogP contribution is -2.20. The van der Waals surface area contributed by atoms with E-state index >= 15 is 0 Å². The van der Waals surface area contributed by atoms with Crippen molar-refractivity contribution in [2.75, 3.05) is 6.61 Å². The average Bonchev–Trinajstić information content (AvgIpc) is 2.38. The first kappa shape index (κ1) is 11.2. The summed E-state index contributed by atoms with van der Waals surface area (Å²) in [7, 11) is 0. The molecule has 0 saturated heterocycles. The molecule has 0 aliphatic carbocycles. The average molecular weight is 227 g/mol. The Kier molecular flexibility index (Phi) is 3.40. The summed E-state index contributed by atoms with van der Waals surface area (Å²) in [5, 5.41) is 0. The Balaban J connectivity index is 2.31. The SMILES string of the molecule is NC(=O)COc1ccccc1-c1ccccc1. The molecule has 86 valence electrons. The van der Waals surface area contributed by atoms with E-state index in [-0.39, 0.29) is 6.61 Å². The number of carbonyl (C=O) groups excluding carboxylic acids is 1. The molecule has 0 fully saturated rings. The molecule has 2 N–H and O–H groups in total. The van der Waals surface area contributed by atoms with Crippen LogP contribution in [0.4, 0.5) is 0 Å². The predicted molar refractivity (Wildman–Crippen MR) is 66.6 cm³/mol. The molecule has 0 heterocycles. The van der Waals surface area contributed by atoms with E-state index in [1.165, 1.54) is 0 Å². The molecule has 0 aromatic heterocycles. The van der Waals surface area contributed by atoms with Gasteiger partial charge in [0.1, 0.15) is 5.75 Å². The highest BCUT2D eigenvalue weighted by atomic mass is 16.5. The van der Waals surface area contributed by atoms with Crippen molar-refractivity contribution in [2.24, 2.45) is 5.73 Å². The van der Waals surface area contributed by atoms with Crippen LogP contribution in [0.3, 0.4) is 0 Å². The zero-order valence-corrected chi connectivity index (χ0v) is 9.30. The lowest BCUT2D eigenvalue weighted by atomic mass is 10.1. The molecule has 17 heavy (non-hydrogen) atoms. The van der Waals surface area contributed by atoms with E-state index < -0.39 is 5.91 Å². The van der Waals surface area contributed by atoms with Crippen molar-refractivity contribution in [2.45, 2.75) is 0 Å². The van der Waals surface area contributed by atoms with Gasteiger partial charge in [-0.25, -0.2) is 0 Å². The number of benzene rings is 2. The van der Waals surface area contributed by atoms with Crippen molar-refractivity contribution in [3.63, 3.8) is 0 Å². The second kappa shape index (κ2) is 5.16. The summed E-state index contributed by atoms with van der Waals surface area (Å²) < 4.78 is 5.38. The van der Waals surface area contributed by atoms with Crippen molar-refractivity contribution in [1.82, 2.24) is 0 Å². The van der Waals surface area contributed by atoms with Crippen molar-refractivity contribution >= 4 is 5.91 Å². The number of rotatable bonds is 4. The van der Waals surface area contributed by atoms with Gasteiger partial charge in [0, 0.05) is 5.56 Å². The predicted octanol–water partition coefficient (Wildman–Crippen LogP) is 2.22. The molecule has 0 spiro atoms. The van der Waals surface area contributed by atoms with E-state index in [0.717, 1.165) is 11.1 Å². The molecule has 0 saturated carbocycles. The minimum atomic E-state index is -0.479. The van der Waals surface area contributed by atoms with E-state index in [1.54, 1.807) is 0 Å². The third-order valence-electron chi connectivity index (χ3n) is 2.34. The van der Waals surface area contributed by atoms with Crippen LogP contribution in [0.5, 0.6) is 5.75 Å². The van der Waals surface area contributed by atoms with Crippen LogP contribution >= 0.6 is 0 Å². The lowest BCUT2D eigenvalue weighted by molar-refractivity contribution is -0.119. The Labute approximate surface area is 99.8 Å². The molecule has 2 rings (SSSR count). The van der Waals surface area contributed by atoms with E-state index in [1.807, 2.05) is 54.6 Å². The van der Waals surface area contributed by atoms with Crippen LogP contribution in [0.25, 0.3) is 11.1 Å². The summed E-state index contributed by atoms with van der Waals surface area (Å²) in [6.07, 6.45) is 0. The number of hydrogen-bond donors (Lipinski definition) is 1. The Bertz CT molecular complexity index is 509. The number of carbonyl (C=O) groups is 1. The second-order valence-electron chi connectivity index (χ2n) is 3.62. The van der Waals surface area contributed by atoms with Gasteiger partial charge < -0.3 is 10.5 Å². The van der Waals surface area contributed by atoms with E-state index in [0.29, 0.717) is 5.75 Å². The van der Waals surface area contributed by atoms with Gasteiger partial charge in [-0.1, -0.05) is 48.5 Å². The summed E-state index contributed by atoms with van der Waals surface area (Å²) >= 11 is 0. The molecule has 1 amide bonds. The van der Waals surface area contributed by atoms with Crippen LogP contribution in [0.2, 0.25) is 0 Å². The van der Waals surface area contributed by atoms with Gasteiger partial charge in [-0.05, 0) is 11.6 Å². The monoisotopic (exact) mass is 227 g/mol. The molecular formula is C14H13NO2. The van der Waals surface area contributed by atoms with Crippen LogP contribution < -0.4 is 10.5 Å². The summed E-state index contributed by atoms with van der Waals surface area (Å²) in [6, 6.07) is 17.4. The normalized spacial score (nSPS) is 9.88. The molecule has 0 radical (unpaired) electrons. The van der Waals surface area contributed by atoms with E-state index in [9.17, 15) is 4.79 Å². The van der Waals surface area contributed by atoms with Gasteiger partial charge >= 0.3 is 0 Å². The first-order valence-corrected chi connectivity index (χ1v) is 5.33. The second-order valence-corrected chi connectivity index (χ2v) is 3.62. The molecule has 3 nitrogen and oxygen atoms in total. The molecule has 0 aliphatic rings. The third-order valence-corrected chi connectivity index (χ3v) is 2.34. The van der Waals surface area contributed by atoms with E-state index in [4.69, 9.17) is 10.5 Å². The van der Waals surface area contributed by atoms with Crippen LogP contribution in [0, 0.1) is 0 Å². The summed E-state index contributed by atoms with van der Waals surface area (Å²) in [4.78, 5) is 10.7. The highest BCUT2D eigenvalue weighted by Crippen LogP contribution is 2.29. The summed E-state index contributed by atoms with van der Waals surface area (Å²) in [5.74, 6) is 0.186. The van der Waals surface area contributed by atoms with Crippen LogP contribution in [-0.4, -0.2) is 12.5 Å². The van der Waals surface area contributed by atoms with Crippen molar-refractivity contribution in [1.29, 1.82) is 0 Å². The van der Waals surface area contributed by atoms with Gasteiger partial charge in [0.05, 0.1) is 0 Å². The molecule has 3 heteroatoms. The third kappa shape index (κ3) is 2.84. The van der Waals surface area contributed by atoms with Crippen LogP contribution in [0.15, 0.2) is 54.6 Å². The molecule has 2 aromatic carbocycles. The van der Waals surface area contributed by atoms with Gasteiger partial charge in [0.25, 0.3) is 5.91 Å². The minimum Gasteiger partial charge on any atom is -0.483 e. The minimum absolute atomic E-state index is 0.107. The number of ether oxygens (including phenoxy) is 1. The fraction of sp³-hybridized carbons (Fsp3) is 0.0714.